The Balaban J connectivity index is 1.94. The largest absolute Gasteiger partial charge is 0.316 e. The van der Waals surface area contributed by atoms with Crippen molar-refractivity contribution < 1.29 is 0 Å². The fraction of sp³-hybridized carbons (Fsp3) is 1.00. The summed E-state index contributed by atoms with van der Waals surface area (Å²) in [6.07, 6.45) is 7.37. The molecular weight excluding hydrogens is 158 g/mol. The van der Waals surface area contributed by atoms with Crippen LogP contribution in [0.2, 0.25) is 0 Å². The maximum atomic E-state index is 3.58. The molecule has 0 aromatic rings. The van der Waals surface area contributed by atoms with Gasteiger partial charge in [0.25, 0.3) is 0 Å². The molecule has 0 radical (unpaired) electrons. The smallest absolute Gasteiger partial charge is 0.000792 e. The molecule has 1 aliphatic carbocycles. The Labute approximate surface area is 82.3 Å². The summed E-state index contributed by atoms with van der Waals surface area (Å²) in [7, 11) is 0. The van der Waals surface area contributed by atoms with Crippen molar-refractivity contribution in [3.63, 3.8) is 0 Å². The highest BCUT2D eigenvalue weighted by molar-refractivity contribution is 4.93. The second-order valence-electron chi connectivity index (χ2n) is 5.53. The first-order valence-corrected chi connectivity index (χ1v) is 5.93. The van der Waals surface area contributed by atoms with Gasteiger partial charge in [-0.15, -0.1) is 0 Å². The van der Waals surface area contributed by atoms with E-state index in [0.29, 0.717) is 5.41 Å². The standard InChI is InChI=1S/C12H23N/c1-10(2)11-4-6-12(8-11)5-3-7-13-9-12/h10-11,13H,3-9H2,1-2H3. The molecule has 1 saturated carbocycles. The summed E-state index contributed by atoms with van der Waals surface area (Å²) < 4.78 is 0. The van der Waals surface area contributed by atoms with Crippen LogP contribution in [0.4, 0.5) is 0 Å². The number of piperidine rings is 1. The van der Waals surface area contributed by atoms with Crippen LogP contribution >= 0.6 is 0 Å². The minimum absolute atomic E-state index is 0.715. The third-order valence-electron chi connectivity index (χ3n) is 4.24. The van der Waals surface area contributed by atoms with E-state index < -0.39 is 0 Å². The molecule has 2 aliphatic rings. The second-order valence-corrected chi connectivity index (χ2v) is 5.53. The van der Waals surface area contributed by atoms with Gasteiger partial charge in [0.1, 0.15) is 0 Å². The van der Waals surface area contributed by atoms with Crippen molar-refractivity contribution in [2.75, 3.05) is 13.1 Å². The average molecular weight is 181 g/mol. The van der Waals surface area contributed by atoms with E-state index in [-0.39, 0.29) is 0 Å². The molecule has 0 amide bonds. The van der Waals surface area contributed by atoms with Gasteiger partial charge in [-0.05, 0) is 55.9 Å². The van der Waals surface area contributed by atoms with Gasteiger partial charge in [0.05, 0.1) is 0 Å². The normalized spacial score (nSPS) is 40.4. The SMILES string of the molecule is CC(C)C1CCC2(CCCNC2)C1. The molecule has 2 rings (SSSR count). The van der Waals surface area contributed by atoms with Crippen molar-refractivity contribution in [2.45, 2.75) is 46.0 Å². The Morgan fingerprint density at radius 2 is 2.15 bits per heavy atom. The van der Waals surface area contributed by atoms with Crippen LogP contribution in [0.15, 0.2) is 0 Å². The Bertz CT molecular complexity index is 168. The van der Waals surface area contributed by atoms with E-state index in [4.69, 9.17) is 0 Å². The summed E-state index contributed by atoms with van der Waals surface area (Å²) in [6, 6.07) is 0. The summed E-state index contributed by atoms with van der Waals surface area (Å²) >= 11 is 0. The fourth-order valence-corrected chi connectivity index (χ4v) is 3.24. The van der Waals surface area contributed by atoms with Gasteiger partial charge in [0.15, 0.2) is 0 Å². The maximum Gasteiger partial charge on any atom is 0.000792 e. The molecule has 1 aliphatic heterocycles. The third kappa shape index (κ3) is 1.90. The first kappa shape index (κ1) is 9.51. The third-order valence-corrected chi connectivity index (χ3v) is 4.24. The van der Waals surface area contributed by atoms with Crippen molar-refractivity contribution in [3.8, 4) is 0 Å². The van der Waals surface area contributed by atoms with Gasteiger partial charge in [-0.3, -0.25) is 0 Å². The zero-order chi connectivity index (χ0) is 9.31. The molecule has 76 valence electrons. The van der Waals surface area contributed by atoms with E-state index in [1.807, 2.05) is 0 Å². The summed E-state index contributed by atoms with van der Waals surface area (Å²) in [5, 5.41) is 3.58. The number of hydrogen-bond acceptors (Lipinski definition) is 1. The molecule has 1 heteroatoms. The number of hydrogen-bond donors (Lipinski definition) is 1. The van der Waals surface area contributed by atoms with Crippen LogP contribution in [-0.4, -0.2) is 13.1 Å². The predicted molar refractivity (Wildman–Crippen MR) is 56.7 cm³/mol. The molecule has 0 bridgehead atoms. The Kier molecular flexibility index (Phi) is 2.64. The number of nitrogens with one attached hydrogen (secondary N) is 1. The summed E-state index contributed by atoms with van der Waals surface area (Å²) in [4.78, 5) is 0. The molecule has 0 aromatic heterocycles. The Morgan fingerprint density at radius 1 is 1.31 bits per heavy atom. The molecule has 2 unspecified atom stereocenters. The summed E-state index contributed by atoms with van der Waals surface area (Å²) in [5.74, 6) is 1.92. The van der Waals surface area contributed by atoms with E-state index >= 15 is 0 Å². The van der Waals surface area contributed by atoms with Crippen LogP contribution in [0.3, 0.4) is 0 Å². The first-order valence-electron chi connectivity index (χ1n) is 5.93. The van der Waals surface area contributed by atoms with Gasteiger partial charge in [0, 0.05) is 6.54 Å². The summed E-state index contributed by atoms with van der Waals surface area (Å²) in [6.45, 7) is 7.34. The Morgan fingerprint density at radius 3 is 2.69 bits per heavy atom. The monoisotopic (exact) mass is 181 g/mol. The van der Waals surface area contributed by atoms with Gasteiger partial charge >= 0.3 is 0 Å². The molecule has 1 nitrogen and oxygen atoms in total. The van der Waals surface area contributed by atoms with E-state index in [0.717, 1.165) is 11.8 Å². The number of rotatable bonds is 1. The zero-order valence-corrected chi connectivity index (χ0v) is 9.10. The molecule has 2 atom stereocenters. The molecule has 2 fully saturated rings. The zero-order valence-electron chi connectivity index (χ0n) is 9.10. The van der Waals surface area contributed by atoms with Gasteiger partial charge in [0.2, 0.25) is 0 Å². The lowest BCUT2D eigenvalue weighted by Gasteiger charge is -2.34. The second kappa shape index (κ2) is 3.61. The molecule has 1 N–H and O–H groups in total. The van der Waals surface area contributed by atoms with Crippen molar-refractivity contribution >= 4 is 0 Å². The highest BCUT2D eigenvalue weighted by Crippen LogP contribution is 2.48. The minimum Gasteiger partial charge on any atom is -0.316 e. The molecule has 1 heterocycles. The van der Waals surface area contributed by atoms with Gasteiger partial charge in [-0.1, -0.05) is 13.8 Å². The van der Waals surface area contributed by atoms with E-state index in [1.54, 1.807) is 0 Å². The first-order chi connectivity index (χ1) is 6.22. The fourth-order valence-electron chi connectivity index (χ4n) is 3.24. The highest BCUT2D eigenvalue weighted by Gasteiger charge is 2.40. The topological polar surface area (TPSA) is 12.0 Å². The average Bonchev–Trinajstić information content (AvgIpc) is 2.51. The van der Waals surface area contributed by atoms with Crippen molar-refractivity contribution in [3.05, 3.63) is 0 Å². The lowest BCUT2D eigenvalue weighted by molar-refractivity contribution is 0.200. The Hall–Kier alpha value is -0.0400. The van der Waals surface area contributed by atoms with E-state index in [1.165, 1.54) is 45.2 Å². The van der Waals surface area contributed by atoms with Crippen molar-refractivity contribution in [1.29, 1.82) is 0 Å². The molecular formula is C12H23N. The van der Waals surface area contributed by atoms with E-state index in [9.17, 15) is 0 Å². The predicted octanol–water partition coefficient (Wildman–Crippen LogP) is 2.81. The molecule has 1 spiro atoms. The minimum atomic E-state index is 0.715. The molecule has 1 saturated heterocycles. The van der Waals surface area contributed by atoms with Crippen LogP contribution in [0.1, 0.15) is 46.0 Å². The molecule has 0 aromatic carbocycles. The van der Waals surface area contributed by atoms with Gasteiger partial charge < -0.3 is 5.32 Å². The van der Waals surface area contributed by atoms with Crippen LogP contribution in [0.25, 0.3) is 0 Å². The van der Waals surface area contributed by atoms with E-state index in [2.05, 4.69) is 19.2 Å². The van der Waals surface area contributed by atoms with Crippen LogP contribution < -0.4 is 5.32 Å². The molecule has 13 heavy (non-hydrogen) atoms. The lowest BCUT2D eigenvalue weighted by Crippen LogP contribution is -2.38. The van der Waals surface area contributed by atoms with Crippen molar-refractivity contribution in [2.24, 2.45) is 17.3 Å². The maximum absolute atomic E-state index is 3.58. The van der Waals surface area contributed by atoms with Crippen molar-refractivity contribution in [1.82, 2.24) is 5.32 Å². The van der Waals surface area contributed by atoms with Gasteiger partial charge in [-0.2, -0.15) is 0 Å². The van der Waals surface area contributed by atoms with Gasteiger partial charge in [-0.25, -0.2) is 0 Å². The van der Waals surface area contributed by atoms with Crippen LogP contribution in [0, 0.1) is 17.3 Å². The quantitative estimate of drug-likeness (QED) is 0.656. The van der Waals surface area contributed by atoms with Crippen LogP contribution in [-0.2, 0) is 0 Å². The highest BCUT2D eigenvalue weighted by atomic mass is 14.9. The lowest BCUT2D eigenvalue weighted by atomic mass is 9.77. The summed E-state index contributed by atoms with van der Waals surface area (Å²) in [5.41, 5.74) is 0.715. The van der Waals surface area contributed by atoms with Crippen LogP contribution in [0.5, 0.6) is 0 Å².